The molecule has 2 aromatic carbocycles. The monoisotopic (exact) mass is 397 g/mol. The van der Waals surface area contributed by atoms with E-state index in [9.17, 15) is 9.18 Å². The summed E-state index contributed by atoms with van der Waals surface area (Å²) in [5.41, 5.74) is 2.75. The maximum atomic E-state index is 13.2. The number of benzene rings is 2. The number of carboxylic acid groups (broad SMARTS) is 1. The topological polar surface area (TPSA) is 40.5 Å². The minimum Gasteiger partial charge on any atom is -0.481 e. The number of carbonyl (C=O) groups is 1. The Hall–Kier alpha value is -1.62. The first-order valence-electron chi connectivity index (χ1n) is 8.44. The van der Waals surface area contributed by atoms with Crippen molar-refractivity contribution in [2.45, 2.75) is 26.8 Å². The molecule has 0 unspecified atom stereocenters. The first-order chi connectivity index (χ1) is 12.3. The van der Waals surface area contributed by atoms with E-state index in [2.05, 4.69) is 6.92 Å². The Morgan fingerprint density at radius 1 is 1.15 bits per heavy atom. The van der Waals surface area contributed by atoms with Crippen molar-refractivity contribution in [3.05, 3.63) is 69.0 Å². The number of hydrogen-bond acceptors (Lipinski definition) is 2. The SMILES string of the molecule is CCc1ccc(Cl)c(Cl)c1.Cc1ccc(CN2CC(C(=O)O)C2)cc1F. The molecule has 0 aliphatic carbocycles. The summed E-state index contributed by atoms with van der Waals surface area (Å²) in [5.74, 6) is -1.20. The van der Waals surface area contributed by atoms with Crippen LogP contribution in [0.25, 0.3) is 0 Å². The summed E-state index contributed by atoms with van der Waals surface area (Å²) in [6.07, 6.45) is 0.997. The molecule has 6 heteroatoms. The first-order valence-corrected chi connectivity index (χ1v) is 9.19. The maximum absolute atomic E-state index is 13.2. The fourth-order valence-electron chi connectivity index (χ4n) is 2.61. The van der Waals surface area contributed by atoms with Gasteiger partial charge in [-0.1, -0.05) is 48.3 Å². The third-order valence-electron chi connectivity index (χ3n) is 4.34. The molecule has 0 radical (unpaired) electrons. The van der Waals surface area contributed by atoms with Crippen molar-refractivity contribution in [3.63, 3.8) is 0 Å². The molecule has 1 heterocycles. The number of likely N-dealkylation sites (tertiary alicyclic amines) is 1. The highest BCUT2D eigenvalue weighted by molar-refractivity contribution is 6.42. The summed E-state index contributed by atoms with van der Waals surface area (Å²) in [5, 5.41) is 9.97. The molecule has 0 aromatic heterocycles. The van der Waals surface area contributed by atoms with Crippen molar-refractivity contribution in [3.8, 4) is 0 Å². The van der Waals surface area contributed by atoms with Crippen molar-refractivity contribution in [1.82, 2.24) is 4.90 Å². The van der Waals surface area contributed by atoms with E-state index in [1.165, 1.54) is 11.6 Å². The fourth-order valence-corrected chi connectivity index (χ4v) is 2.93. The summed E-state index contributed by atoms with van der Waals surface area (Å²) in [6, 6.07) is 10.8. The lowest BCUT2D eigenvalue weighted by Gasteiger charge is -2.36. The van der Waals surface area contributed by atoms with Gasteiger partial charge in [-0.3, -0.25) is 9.69 Å². The third kappa shape index (κ3) is 5.70. The lowest BCUT2D eigenvalue weighted by atomic mass is 9.99. The van der Waals surface area contributed by atoms with Gasteiger partial charge in [-0.2, -0.15) is 0 Å². The predicted octanol–water partition coefficient (Wildman–Crippen LogP) is 5.21. The second-order valence-electron chi connectivity index (χ2n) is 6.41. The molecule has 0 spiro atoms. The fraction of sp³-hybridized carbons (Fsp3) is 0.350. The minimum absolute atomic E-state index is 0.201. The van der Waals surface area contributed by atoms with Gasteiger partial charge in [0, 0.05) is 19.6 Å². The summed E-state index contributed by atoms with van der Waals surface area (Å²) in [6.45, 7) is 5.55. The Morgan fingerprint density at radius 2 is 1.81 bits per heavy atom. The number of nitrogens with zero attached hydrogens (tertiary/aromatic N) is 1. The molecule has 1 N–H and O–H groups in total. The largest absolute Gasteiger partial charge is 0.481 e. The molecule has 3 rings (SSSR count). The van der Waals surface area contributed by atoms with E-state index < -0.39 is 5.97 Å². The van der Waals surface area contributed by atoms with Crippen LogP contribution in [0.3, 0.4) is 0 Å². The van der Waals surface area contributed by atoms with Gasteiger partial charge in [0.2, 0.25) is 0 Å². The lowest BCUT2D eigenvalue weighted by molar-refractivity contribution is -0.147. The van der Waals surface area contributed by atoms with Gasteiger partial charge in [-0.25, -0.2) is 4.39 Å². The second kappa shape index (κ2) is 9.36. The van der Waals surface area contributed by atoms with E-state index in [-0.39, 0.29) is 11.7 Å². The smallest absolute Gasteiger partial charge is 0.309 e. The molecule has 1 aliphatic heterocycles. The van der Waals surface area contributed by atoms with E-state index in [0.717, 1.165) is 12.0 Å². The Labute approximate surface area is 163 Å². The van der Waals surface area contributed by atoms with Crippen LogP contribution in [-0.4, -0.2) is 29.1 Å². The van der Waals surface area contributed by atoms with Crippen LogP contribution in [0.2, 0.25) is 10.0 Å². The van der Waals surface area contributed by atoms with E-state index in [0.29, 0.717) is 35.2 Å². The molecule has 0 amide bonds. The number of hydrogen-bond donors (Lipinski definition) is 1. The van der Waals surface area contributed by atoms with Crippen molar-refractivity contribution in [1.29, 1.82) is 0 Å². The van der Waals surface area contributed by atoms with E-state index in [1.807, 2.05) is 29.2 Å². The number of aryl methyl sites for hydroxylation is 2. The van der Waals surface area contributed by atoms with Crippen molar-refractivity contribution < 1.29 is 14.3 Å². The van der Waals surface area contributed by atoms with Gasteiger partial charge < -0.3 is 5.11 Å². The van der Waals surface area contributed by atoms with Crippen LogP contribution in [0, 0.1) is 18.7 Å². The van der Waals surface area contributed by atoms with Crippen LogP contribution in [0.1, 0.15) is 23.6 Å². The zero-order valence-corrected chi connectivity index (χ0v) is 16.3. The highest BCUT2D eigenvalue weighted by atomic mass is 35.5. The molecule has 2 aromatic rings. The van der Waals surface area contributed by atoms with Gasteiger partial charge >= 0.3 is 5.97 Å². The van der Waals surface area contributed by atoms with Crippen LogP contribution in [-0.2, 0) is 17.8 Å². The van der Waals surface area contributed by atoms with E-state index in [4.69, 9.17) is 28.3 Å². The number of halogens is 3. The summed E-state index contributed by atoms with van der Waals surface area (Å²) in [4.78, 5) is 12.6. The average molecular weight is 398 g/mol. The van der Waals surface area contributed by atoms with E-state index >= 15 is 0 Å². The minimum atomic E-state index is -0.744. The second-order valence-corrected chi connectivity index (χ2v) is 7.23. The van der Waals surface area contributed by atoms with Gasteiger partial charge in [0.15, 0.2) is 0 Å². The van der Waals surface area contributed by atoms with Gasteiger partial charge in [0.25, 0.3) is 0 Å². The molecule has 0 bridgehead atoms. The molecule has 1 aliphatic rings. The first kappa shape index (κ1) is 20.7. The van der Waals surface area contributed by atoms with Crippen molar-refractivity contribution in [2.75, 3.05) is 13.1 Å². The van der Waals surface area contributed by atoms with Crippen LogP contribution >= 0.6 is 23.2 Å². The highest BCUT2D eigenvalue weighted by Gasteiger charge is 2.32. The molecule has 1 saturated heterocycles. The molecule has 140 valence electrons. The maximum Gasteiger partial charge on any atom is 0.309 e. The molecule has 3 nitrogen and oxygen atoms in total. The Morgan fingerprint density at radius 3 is 2.35 bits per heavy atom. The van der Waals surface area contributed by atoms with Crippen LogP contribution in [0.5, 0.6) is 0 Å². The van der Waals surface area contributed by atoms with Crippen LogP contribution in [0.4, 0.5) is 4.39 Å². The van der Waals surface area contributed by atoms with Gasteiger partial charge in [-0.05, 0) is 48.2 Å². The van der Waals surface area contributed by atoms with Gasteiger partial charge in [0.1, 0.15) is 5.82 Å². The number of rotatable bonds is 4. The van der Waals surface area contributed by atoms with Gasteiger partial charge in [0.05, 0.1) is 16.0 Å². The Bertz CT molecular complexity index is 776. The molecule has 0 saturated carbocycles. The van der Waals surface area contributed by atoms with Crippen LogP contribution in [0.15, 0.2) is 36.4 Å². The highest BCUT2D eigenvalue weighted by Crippen LogP contribution is 2.22. The summed E-state index contributed by atoms with van der Waals surface area (Å²) >= 11 is 11.5. The normalized spacial score (nSPS) is 14.3. The lowest BCUT2D eigenvalue weighted by Crippen LogP contribution is -2.49. The van der Waals surface area contributed by atoms with Crippen LogP contribution < -0.4 is 0 Å². The number of carboxylic acids is 1. The number of aliphatic carboxylic acids is 1. The van der Waals surface area contributed by atoms with Gasteiger partial charge in [-0.15, -0.1) is 0 Å². The molecular weight excluding hydrogens is 376 g/mol. The summed E-state index contributed by atoms with van der Waals surface area (Å²) in [7, 11) is 0. The van der Waals surface area contributed by atoms with Crippen molar-refractivity contribution >= 4 is 29.2 Å². The Balaban J connectivity index is 0.000000209. The third-order valence-corrected chi connectivity index (χ3v) is 5.08. The van der Waals surface area contributed by atoms with Crippen molar-refractivity contribution in [2.24, 2.45) is 5.92 Å². The molecular formula is C20H22Cl2FNO2. The molecule has 0 atom stereocenters. The average Bonchev–Trinajstić information content (AvgIpc) is 2.56. The quantitative estimate of drug-likeness (QED) is 0.769. The standard InChI is InChI=1S/C12H14FNO2.C8H8Cl2/c1-8-2-3-9(4-11(8)13)5-14-6-10(7-14)12(15)16;1-2-6-3-4-7(9)8(10)5-6/h2-4,10H,5-7H2,1H3,(H,15,16);3-5H,2H2,1H3. The summed E-state index contributed by atoms with van der Waals surface area (Å²) < 4.78 is 13.2. The predicted molar refractivity (Wildman–Crippen MR) is 103 cm³/mol. The molecule has 1 fully saturated rings. The zero-order chi connectivity index (χ0) is 19.3. The molecule has 26 heavy (non-hydrogen) atoms. The Kier molecular flexibility index (Phi) is 7.44. The zero-order valence-electron chi connectivity index (χ0n) is 14.8. The van der Waals surface area contributed by atoms with E-state index in [1.54, 1.807) is 13.0 Å².